The van der Waals surface area contributed by atoms with Gasteiger partial charge in [0.2, 0.25) is 5.95 Å². The third-order valence-electron chi connectivity index (χ3n) is 5.36. The first kappa shape index (κ1) is 20.6. The van der Waals surface area contributed by atoms with Crippen molar-refractivity contribution in [3.63, 3.8) is 0 Å². The Balaban J connectivity index is 1.56. The molecule has 0 aliphatic carbocycles. The van der Waals surface area contributed by atoms with Gasteiger partial charge in [-0.3, -0.25) is 9.99 Å². The van der Waals surface area contributed by atoms with E-state index in [2.05, 4.69) is 32.5 Å². The lowest BCUT2D eigenvalue weighted by atomic mass is 10.2. The zero-order valence-electron chi connectivity index (χ0n) is 18.1. The van der Waals surface area contributed by atoms with E-state index in [1.807, 2.05) is 41.8 Å². The summed E-state index contributed by atoms with van der Waals surface area (Å²) in [7, 11) is 0. The van der Waals surface area contributed by atoms with E-state index < -0.39 is 0 Å². The fourth-order valence-electron chi connectivity index (χ4n) is 3.70. The highest BCUT2D eigenvalue weighted by Crippen LogP contribution is 2.25. The fourth-order valence-corrected chi connectivity index (χ4v) is 3.70. The molecule has 33 heavy (non-hydrogen) atoms. The lowest BCUT2D eigenvalue weighted by Crippen LogP contribution is -2.37. The second-order valence-corrected chi connectivity index (χ2v) is 7.70. The monoisotopic (exact) mass is 438 g/mol. The highest BCUT2D eigenvalue weighted by molar-refractivity contribution is 5.87. The van der Waals surface area contributed by atoms with Crippen molar-refractivity contribution in [2.45, 2.75) is 6.92 Å². The molecule has 0 bridgehead atoms. The summed E-state index contributed by atoms with van der Waals surface area (Å²) in [6.07, 6.45) is 3.44. The molecule has 9 nitrogen and oxygen atoms in total. The van der Waals surface area contributed by atoms with Gasteiger partial charge in [0, 0.05) is 18.8 Å². The van der Waals surface area contributed by atoms with Gasteiger partial charge in [0.25, 0.3) is 0 Å². The van der Waals surface area contributed by atoms with Crippen LogP contribution in [0.25, 0.3) is 16.9 Å². The minimum atomic E-state index is 0.514. The summed E-state index contributed by atoms with van der Waals surface area (Å²) in [5.74, 6) is 1.10. The molecule has 0 spiro atoms. The molecule has 1 aliphatic heterocycles. The summed E-state index contributed by atoms with van der Waals surface area (Å²) in [5, 5.41) is 13.7. The largest absolute Gasteiger partial charge is 0.378 e. The van der Waals surface area contributed by atoms with E-state index in [9.17, 15) is 5.26 Å². The molecular formula is C24H22N8O. The minimum absolute atomic E-state index is 0.514. The Bertz CT molecular complexity index is 1360. The number of nitriles is 1. The molecule has 0 unspecified atom stereocenters. The number of imidazole rings is 1. The van der Waals surface area contributed by atoms with E-state index in [1.54, 1.807) is 24.7 Å². The van der Waals surface area contributed by atoms with Gasteiger partial charge in [-0.2, -0.15) is 20.3 Å². The first-order chi connectivity index (χ1) is 16.2. The number of nitrogens with zero attached hydrogens (tertiary/aromatic N) is 7. The second kappa shape index (κ2) is 9.06. The molecule has 4 aromatic rings. The third-order valence-corrected chi connectivity index (χ3v) is 5.36. The summed E-state index contributed by atoms with van der Waals surface area (Å²) in [6.45, 7) is 4.70. The van der Waals surface area contributed by atoms with Gasteiger partial charge in [-0.15, -0.1) is 0 Å². The average molecular weight is 438 g/mol. The molecule has 0 saturated carbocycles. The summed E-state index contributed by atoms with van der Waals surface area (Å²) in [5.41, 5.74) is 7.80. The molecule has 0 amide bonds. The number of hydrazone groups is 1. The maximum absolute atomic E-state index is 9.29. The van der Waals surface area contributed by atoms with Crippen molar-refractivity contribution in [2.75, 3.05) is 36.6 Å². The van der Waals surface area contributed by atoms with Crippen molar-refractivity contribution in [1.82, 2.24) is 19.5 Å². The molecule has 5 rings (SSSR count). The van der Waals surface area contributed by atoms with Gasteiger partial charge in [-0.1, -0.05) is 35.9 Å². The molecule has 1 aliphatic rings. The second-order valence-electron chi connectivity index (χ2n) is 7.70. The van der Waals surface area contributed by atoms with Crippen LogP contribution >= 0.6 is 0 Å². The molecule has 1 saturated heterocycles. The predicted octanol–water partition coefficient (Wildman–Crippen LogP) is 3.28. The van der Waals surface area contributed by atoms with Crippen LogP contribution in [0.3, 0.4) is 0 Å². The van der Waals surface area contributed by atoms with Crippen LogP contribution in [0.2, 0.25) is 0 Å². The normalized spacial score (nSPS) is 14.0. The Morgan fingerprint density at radius 1 is 1.12 bits per heavy atom. The van der Waals surface area contributed by atoms with Crippen molar-refractivity contribution in [1.29, 1.82) is 5.26 Å². The van der Waals surface area contributed by atoms with Gasteiger partial charge in [-0.25, -0.2) is 4.98 Å². The lowest BCUT2D eigenvalue weighted by molar-refractivity contribution is 0.122. The van der Waals surface area contributed by atoms with Crippen molar-refractivity contribution in [3.8, 4) is 11.8 Å². The number of fused-ring (bicyclic) bond motifs is 1. The average Bonchev–Trinajstić information content (AvgIpc) is 3.29. The Morgan fingerprint density at radius 3 is 2.79 bits per heavy atom. The summed E-state index contributed by atoms with van der Waals surface area (Å²) in [6, 6.07) is 17.6. The van der Waals surface area contributed by atoms with Crippen LogP contribution in [0.1, 0.15) is 16.7 Å². The first-order valence-corrected chi connectivity index (χ1v) is 10.7. The Kier molecular flexibility index (Phi) is 5.66. The Morgan fingerprint density at radius 2 is 1.97 bits per heavy atom. The highest BCUT2D eigenvalue weighted by atomic mass is 16.5. The zero-order valence-corrected chi connectivity index (χ0v) is 18.1. The number of aromatic nitrogens is 4. The Hall–Kier alpha value is -4.29. The predicted molar refractivity (Wildman–Crippen MR) is 127 cm³/mol. The quantitative estimate of drug-likeness (QED) is 0.377. The number of anilines is 2. The molecule has 1 fully saturated rings. The van der Waals surface area contributed by atoms with Crippen LogP contribution in [0.4, 0.5) is 11.8 Å². The van der Waals surface area contributed by atoms with Crippen molar-refractivity contribution < 1.29 is 4.74 Å². The zero-order chi connectivity index (χ0) is 22.6. The minimum Gasteiger partial charge on any atom is -0.378 e. The van der Waals surface area contributed by atoms with Crippen LogP contribution in [0.5, 0.6) is 0 Å². The maximum Gasteiger partial charge on any atom is 0.229 e. The SMILES string of the molecule is Cc1cccc(C=NNc2nc(N3CCOCC3)nc3c2ncn3-c2cccc(C#N)c2)c1. The van der Waals surface area contributed by atoms with Gasteiger partial charge >= 0.3 is 0 Å². The molecule has 0 atom stereocenters. The topological polar surface area (TPSA) is 104 Å². The number of nitrogens with one attached hydrogen (secondary N) is 1. The third kappa shape index (κ3) is 4.37. The number of hydrogen-bond acceptors (Lipinski definition) is 8. The van der Waals surface area contributed by atoms with E-state index in [-0.39, 0.29) is 0 Å². The van der Waals surface area contributed by atoms with E-state index >= 15 is 0 Å². The molecule has 9 heteroatoms. The number of aryl methyl sites for hydroxylation is 1. The molecule has 1 N–H and O–H groups in total. The first-order valence-electron chi connectivity index (χ1n) is 10.7. The summed E-state index contributed by atoms with van der Waals surface area (Å²) < 4.78 is 7.34. The van der Waals surface area contributed by atoms with Crippen LogP contribution in [-0.4, -0.2) is 52.0 Å². The standard InChI is InChI=1S/C24H22N8O/c1-17-4-2-6-19(12-17)15-27-30-22-21-23(29-24(28-22)31-8-10-33-11-9-31)32(16-26-21)20-7-3-5-18(13-20)14-25/h2-7,12-13,15-16H,8-11H2,1H3,(H,28,29,30). The van der Waals surface area contributed by atoms with Crippen LogP contribution in [-0.2, 0) is 4.74 Å². The maximum atomic E-state index is 9.29. The fraction of sp³-hybridized carbons (Fsp3) is 0.208. The van der Waals surface area contributed by atoms with Crippen LogP contribution in [0, 0.1) is 18.3 Å². The summed E-state index contributed by atoms with van der Waals surface area (Å²) in [4.78, 5) is 16.2. The van der Waals surface area contributed by atoms with Crippen LogP contribution < -0.4 is 10.3 Å². The lowest BCUT2D eigenvalue weighted by Gasteiger charge is -2.27. The van der Waals surface area contributed by atoms with E-state index in [4.69, 9.17) is 14.7 Å². The smallest absolute Gasteiger partial charge is 0.229 e. The highest BCUT2D eigenvalue weighted by Gasteiger charge is 2.19. The van der Waals surface area contributed by atoms with E-state index in [0.717, 1.165) is 16.8 Å². The van der Waals surface area contributed by atoms with E-state index in [0.29, 0.717) is 54.8 Å². The van der Waals surface area contributed by atoms with Gasteiger partial charge in [0.1, 0.15) is 6.33 Å². The molecule has 2 aromatic heterocycles. The number of ether oxygens (including phenoxy) is 1. The molecular weight excluding hydrogens is 416 g/mol. The van der Waals surface area contributed by atoms with Crippen LogP contribution in [0.15, 0.2) is 60.0 Å². The summed E-state index contributed by atoms with van der Waals surface area (Å²) >= 11 is 0. The molecule has 3 heterocycles. The number of rotatable bonds is 5. The van der Waals surface area contributed by atoms with Gasteiger partial charge in [0.15, 0.2) is 17.0 Å². The molecule has 2 aromatic carbocycles. The van der Waals surface area contributed by atoms with Gasteiger partial charge in [0.05, 0.1) is 31.1 Å². The number of morpholine rings is 1. The Labute approximate surface area is 191 Å². The van der Waals surface area contributed by atoms with Crippen molar-refractivity contribution in [2.24, 2.45) is 5.10 Å². The van der Waals surface area contributed by atoms with E-state index in [1.165, 1.54) is 0 Å². The van der Waals surface area contributed by atoms with Crippen molar-refractivity contribution in [3.05, 3.63) is 71.5 Å². The molecule has 0 radical (unpaired) electrons. The van der Waals surface area contributed by atoms with Gasteiger partial charge in [-0.05, 0) is 30.7 Å². The number of benzene rings is 2. The molecule has 164 valence electrons. The van der Waals surface area contributed by atoms with Gasteiger partial charge < -0.3 is 9.64 Å². The van der Waals surface area contributed by atoms with Crippen molar-refractivity contribution >= 4 is 29.1 Å². The number of hydrogen-bond donors (Lipinski definition) is 1.